The maximum absolute atomic E-state index is 12.6. The Hall–Kier alpha value is -2.82. The maximum atomic E-state index is 12.6. The van der Waals surface area contributed by atoms with Gasteiger partial charge in [-0.25, -0.2) is 0 Å². The van der Waals surface area contributed by atoms with Crippen LogP contribution in [0.3, 0.4) is 0 Å². The van der Waals surface area contributed by atoms with Gasteiger partial charge in [-0.05, 0) is 61.1 Å². The number of ether oxygens (including phenoxy) is 1. The average Bonchev–Trinajstić information content (AvgIpc) is 3.44. The Balaban J connectivity index is 1.68. The minimum Gasteiger partial charge on any atom is -0.493 e. The zero-order valence-corrected chi connectivity index (χ0v) is 14.8. The van der Waals surface area contributed by atoms with Crippen molar-refractivity contribution in [3.8, 4) is 5.75 Å². The summed E-state index contributed by atoms with van der Waals surface area (Å²) in [6.07, 6.45) is 2.29. The van der Waals surface area contributed by atoms with Gasteiger partial charge in [-0.2, -0.15) is 0 Å². The second-order valence-electron chi connectivity index (χ2n) is 6.76. The normalized spacial score (nSPS) is 14.5. The van der Waals surface area contributed by atoms with Crippen LogP contribution in [0.25, 0.3) is 0 Å². The lowest BCUT2D eigenvalue weighted by Gasteiger charge is -2.19. The predicted octanol–water partition coefficient (Wildman–Crippen LogP) is 3.73. The van der Waals surface area contributed by atoms with Gasteiger partial charge in [0.05, 0.1) is 19.1 Å². The molecule has 1 unspecified atom stereocenters. The van der Waals surface area contributed by atoms with Crippen LogP contribution in [0.15, 0.2) is 48.5 Å². The minimum atomic E-state index is -0.956. The second kappa shape index (κ2) is 8.04. The summed E-state index contributed by atoms with van der Waals surface area (Å²) >= 11 is 0. The van der Waals surface area contributed by atoms with Crippen molar-refractivity contribution in [1.82, 2.24) is 5.32 Å². The molecule has 2 aromatic carbocycles. The van der Waals surface area contributed by atoms with Gasteiger partial charge in [0, 0.05) is 5.56 Å². The Morgan fingerprint density at radius 3 is 2.46 bits per heavy atom. The third-order valence-corrected chi connectivity index (χ3v) is 4.55. The number of nitrogens with one attached hydrogen (secondary N) is 1. The number of carbonyl (C=O) groups excluding carboxylic acids is 1. The standard InChI is InChI=1S/C21H23NO4/c1-14-4-2-3-5-18(14)19(12-20(23)24)22-21(25)16-8-10-17(11-9-16)26-13-15-6-7-15/h2-5,8-11,15,19H,6-7,12-13H2,1H3,(H,22,25)(H,23,24). The Labute approximate surface area is 153 Å². The molecule has 0 aliphatic heterocycles. The first kappa shape index (κ1) is 18.0. The molecule has 1 aliphatic carbocycles. The zero-order valence-electron chi connectivity index (χ0n) is 14.8. The van der Waals surface area contributed by atoms with Crippen LogP contribution >= 0.6 is 0 Å². The summed E-state index contributed by atoms with van der Waals surface area (Å²) in [5.41, 5.74) is 2.24. The fourth-order valence-electron chi connectivity index (χ4n) is 2.83. The molecular weight excluding hydrogens is 330 g/mol. The molecule has 5 nitrogen and oxygen atoms in total. The van der Waals surface area contributed by atoms with E-state index in [1.54, 1.807) is 24.3 Å². The van der Waals surface area contributed by atoms with Gasteiger partial charge in [-0.15, -0.1) is 0 Å². The molecule has 5 heteroatoms. The van der Waals surface area contributed by atoms with Crippen LogP contribution < -0.4 is 10.1 Å². The molecule has 26 heavy (non-hydrogen) atoms. The first-order valence-electron chi connectivity index (χ1n) is 8.84. The van der Waals surface area contributed by atoms with Crippen LogP contribution in [0.4, 0.5) is 0 Å². The van der Waals surface area contributed by atoms with Gasteiger partial charge < -0.3 is 15.2 Å². The van der Waals surface area contributed by atoms with E-state index in [1.807, 2.05) is 31.2 Å². The third kappa shape index (κ3) is 4.85. The Kier molecular flexibility index (Phi) is 5.56. The lowest BCUT2D eigenvalue weighted by molar-refractivity contribution is -0.137. The highest BCUT2D eigenvalue weighted by molar-refractivity contribution is 5.94. The fraction of sp³-hybridized carbons (Fsp3) is 0.333. The van der Waals surface area contributed by atoms with Crippen LogP contribution in [-0.4, -0.2) is 23.6 Å². The number of aliphatic carboxylic acids is 1. The number of benzene rings is 2. The monoisotopic (exact) mass is 353 g/mol. The van der Waals surface area contributed by atoms with E-state index in [9.17, 15) is 14.7 Å². The van der Waals surface area contributed by atoms with Gasteiger partial charge >= 0.3 is 5.97 Å². The van der Waals surface area contributed by atoms with Crippen molar-refractivity contribution in [3.63, 3.8) is 0 Å². The number of rotatable bonds is 8. The van der Waals surface area contributed by atoms with Crippen molar-refractivity contribution in [2.45, 2.75) is 32.2 Å². The molecule has 1 fully saturated rings. The molecule has 136 valence electrons. The van der Waals surface area contributed by atoms with Crippen molar-refractivity contribution in [1.29, 1.82) is 0 Å². The van der Waals surface area contributed by atoms with Crippen molar-refractivity contribution in [2.75, 3.05) is 6.61 Å². The summed E-state index contributed by atoms with van der Waals surface area (Å²) in [5.74, 6) is 0.161. The lowest BCUT2D eigenvalue weighted by atomic mass is 9.98. The predicted molar refractivity (Wildman–Crippen MR) is 98.3 cm³/mol. The van der Waals surface area contributed by atoms with Crippen LogP contribution in [-0.2, 0) is 4.79 Å². The highest BCUT2D eigenvalue weighted by Crippen LogP contribution is 2.29. The molecule has 0 aromatic heterocycles. The van der Waals surface area contributed by atoms with Crippen LogP contribution in [0.5, 0.6) is 5.75 Å². The van der Waals surface area contributed by atoms with E-state index in [0.29, 0.717) is 11.5 Å². The summed E-state index contributed by atoms with van der Waals surface area (Å²) < 4.78 is 5.67. The smallest absolute Gasteiger partial charge is 0.305 e. The maximum Gasteiger partial charge on any atom is 0.305 e. The number of carbonyl (C=O) groups is 2. The van der Waals surface area contributed by atoms with E-state index in [-0.39, 0.29) is 12.3 Å². The topological polar surface area (TPSA) is 75.6 Å². The van der Waals surface area contributed by atoms with Crippen molar-refractivity contribution in [2.24, 2.45) is 5.92 Å². The van der Waals surface area contributed by atoms with Crippen LogP contribution in [0, 0.1) is 12.8 Å². The summed E-state index contributed by atoms with van der Waals surface area (Å²) in [5, 5.41) is 12.0. The SMILES string of the molecule is Cc1ccccc1C(CC(=O)O)NC(=O)c1ccc(OCC2CC2)cc1. The zero-order chi connectivity index (χ0) is 18.5. The molecule has 1 saturated carbocycles. The van der Waals surface area contributed by atoms with E-state index in [2.05, 4.69) is 5.32 Å². The quantitative estimate of drug-likeness (QED) is 0.758. The van der Waals surface area contributed by atoms with Crippen molar-refractivity contribution in [3.05, 3.63) is 65.2 Å². The molecule has 1 aliphatic rings. The molecule has 0 spiro atoms. The molecule has 2 aromatic rings. The van der Waals surface area contributed by atoms with E-state index in [4.69, 9.17) is 4.74 Å². The summed E-state index contributed by atoms with van der Waals surface area (Å²) in [6, 6.07) is 13.9. The van der Waals surface area contributed by atoms with Gasteiger partial charge in [0.15, 0.2) is 0 Å². The summed E-state index contributed by atoms with van der Waals surface area (Å²) in [6.45, 7) is 2.63. The third-order valence-electron chi connectivity index (χ3n) is 4.55. The molecule has 0 heterocycles. The van der Waals surface area contributed by atoms with E-state index in [0.717, 1.165) is 23.5 Å². The number of carboxylic acid groups (broad SMARTS) is 1. The first-order chi connectivity index (χ1) is 12.5. The minimum absolute atomic E-state index is 0.167. The molecule has 0 bridgehead atoms. The van der Waals surface area contributed by atoms with Crippen molar-refractivity contribution < 1.29 is 19.4 Å². The molecule has 0 radical (unpaired) electrons. The van der Waals surface area contributed by atoms with E-state index in [1.165, 1.54) is 12.8 Å². The van der Waals surface area contributed by atoms with Crippen LogP contribution in [0.1, 0.15) is 46.8 Å². The van der Waals surface area contributed by atoms with E-state index < -0.39 is 12.0 Å². The van der Waals surface area contributed by atoms with Gasteiger partial charge in [0.1, 0.15) is 5.75 Å². The summed E-state index contributed by atoms with van der Waals surface area (Å²) in [7, 11) is 0. The number of amides is 1. The van der Waals surface area contributed by atoms with Crippen molar-refractivity contribution >= 4 is 11.9 Å². The van der Waals surface area contributed by atoms with Gasteiger partial charge in [-0.3, -0.25) is 9.59 Å². The molecule has 1 amide bonds. The highest BCUT2D eigenvalue weighted by atomic mass is 16.5. The number of carboxylic acids is 1. The number of aryl methyl sites for hydroxylation is 1. The fourth-order valence-corrected chi connectivity index (χ4v) is 2.83. The lowest BCUT2D eigenvalue weighted by Crippen LogP contribution is -2.30. The average molecular weight is 353 g/mol. The Morgan fingerprint density at radius 1 is 1.15 bits per heavy atom. The van der Waals surface area contributed by atoms with Crippen LogP contribution in [0.2, 0.25) is 0 Å². The number of hydrogen-bond acceptors (Lipinski definition) is 3. The molecule has 3 rings (SSSR count). The molecular formula is C21H23NO4. The Morgan fingerprint density at radius 2 is 1.85 bits per heavy atom. The highest BCUT2D eigenvalue weighted by Gasteiger charge is 2.22. The molecule has 1 atom stereocenters. The van der Waals surface area contributed by atoms with Gasteiger partial charge in [0.25, 0.3) is 5.91 Å². The largest absolute Gasteiger partial charge is 0.493 e. The van der Waals surface area contributed by atoms with E-state index >= 15 is 0 Å². The Bertz CT molecular complexity index is 781. The van der Waals surface area contributed by atoms with Gasteiger partial charge in [0.2, 0.25) is 0 Å². The molecule has 0 saturated heterocycles. The number of hydrogen-bond donors (Lipinski definition) is 2. The summed E-state index contributed by atoms with van der Waals surface area (Å²) in [4.78, 5) is 23.8. The van der Waals surface area contributed by atoms with Gasteiger partial charge in [-0.1, -0.05) is 24.3 Å². The second-order valence-corrected chi connectivity index (χ2v) is 6.76. The first-order valence-corrected chi connectivity index (χ1v) is 8.84. The molecule has 2 N–H and O–H groups in total.